The quantitative estimate of drug-likeness (QED) is 0.780. The molecule has 0 spiro atoms. The second-order valence-corrected chi connectivity index (χ2v) is 5.57. The Labute approximate surface area is 109 Å². The topological polar surface area (TPSA) is 76.0 Å². The van der Waals surface area contributed by atoms with Crippen molar-refractivity contribution in [2.75, 3.05) is 10.8 Å². The highest BCUT2D eigenvalue weighted by atomic mass is 35.5. The first-order chi connectivity index (χ1) is 8.09. The molecule has 1 aliphatic heterocycles. The number of amides is 2. The molecule has 0 radical (unpaired) electrons. The maximum atomic E-state index is 11.9. The van der Waals surface area contributed by atoms with Gasteiger partial charge in [0, 0.05) is 12.6 Å². The largest absolute Gasteiger partial charge is 0.755 e. The number of hydrogen-bond donors (Lipinski definition) is 0. The summed E-state index contributed by atoms with van der Waals surface area (Å²) in [6.07, 6.45) is 2.18. The molecule has 2 rings (SSSR count). The van der Waals surface area contributed by atoms with E-state index in [1.807, 2.05) is 0 Å². The van der Waals surface area contributed by atoms with Gasteiger partial charge in [0.05, 0.1) is 22.1 Å². The van der Waals surface area contributed by atoms with E-state index in [0.29, 0.717) is 21.6 Å². The normalized spacial score (nSPS) is 16.2. The zero-order chi connectivity index (χ0) is 12.4. The lowest BCUT2D eigenvalue weighted by Crippen LogP contribution is -2.40. The number of halogens is 1. The van der Waals surface area contributed by atoms with Gasteiger partial charge in [0.25, 0.3) is 0 Å². The molecule has 1 aromatic rings. The van der Waals surface area contributed by atoms with Gasteiger partial charge >= 0.3 is 6.03 Å². The molecule has 1 unspecified atom stereocenters. The van der Waals surface area contributed by atoms with E-state index >= 15 is 0 Å². The van der Waals surface area contributed by atoms with Crippen LogP contribution >= 0.6 is 22.9 Å². The van der Waals surface area contributed by atoms with Gasteiger partial charge in [-0.15, -0.1) is 11.3 Å². The summed E-state index contributed by atoms with van der Waals surface area (Å²) in [5, 5.41) is 5.13. The van der Waals surface area contributed by atoms with Gasteiger partial charge in [-0.3, -0.25) is 4.21 Å². The smallest absolute Gasteiger partial charge is 0.356 e. The lowest BCUT2D eigenvalue weighted by Gasteiger charge is -2.25. The first-order valence-electron chi connectivity index (χ1n) is 4.58. The van der Waals surface area contributed by atoms with Crippen molar-refractivity contribution in [3.8, 4) is 0 Å². The Morgan fingerprint density at radius 2 is 2.41 bits per heavy atom. The van der Waals surface area contributed by atoms with Gasteiger partial charge in [-0.2, -0.15) is 5.10 Å². The standard InChI is InChI=1S/C8H8ClN3O3S2/c9-6-2-3-7(16-6)12(17(14)15)8(13)11-5-1-4-10-11/h2-4H,1,5H2,(H,14,15)/p-1. The van der Waals surface area contributed by atoms with Gasteiger partial charge in [0.1, 0.15) is 5.00 Å². The average Bonchev–Trinajstić information content (AvgIpc) is 2.88. The fourth-order valence-corrected chi connectivity index (χ4v) is 2.95. The van der Waals surface area contributed by atoms with Crippen LogP contribution in [0.25, 0.3) is 0 Å². The number of hydrogen-bond acceptors (Lipinski definition) is 5. The van der Waals surface area contributed by atoms with Crippen molar-refractivity contribution in [3.05, 3.63) is 16.5 Å². The summed E-state index contributed by atoms with van der Waals surface area (Å²) in [6, 6.07) is 2.30. The van der Waals surface area contributed by atoms with Crippen molar-refractivity contribution in [2.45, 2.75) is 6.42 Å². The van der Waals surface area contributed by atoms with Gasteiger partial charge in [0.15, 0.2) is 0 Å². The first kappa shape index (κ1) is 12.5. The minimum absolute atomic E-state index is 0.246. The fraction of sp³-hybridized carbons (Fsp3) is 0.250. The molecule has 0 bridgehead atoms. The SMILES string of the molecule is O=C(N1CCC=N1)N(c1ccc(Cl)s1)S(=O)[O-]. The van der Waals surface area contributed by atoms with E-state index in [2.05, 4.69) is 5.10 Å². The number of carbonyl (C=O) groups is 1. The zero-order valence-electron chi connectivity index (χ0n) is 8.41. The van der Waals surface area contributed by atoms with Crippen molar-refractivity contribution in [1.29, 1.82) is 0 Å². The van der Waals surface area contributed by atoms with Crippen LogP contribution in [0.5, 0.6) is 0 Å². The van der Waals surface area contributed by atoms with Crippen molar-refractivity contribution in [1.82, 2.24) is 5.01 Å². The highest BCUT2D eigenvalue weighted by Gasteiger charge is 2.25. The molecule has 1 aliphatic rings. The van der Waals surface area contributed by atoms with Crippen LogP contribution in [0.4, 0.5) is 9.80 Å². The maximum absolute atomic E-state index is 11.9. The Bertz CT molecular complexity index is 490. The predicted octanol–water partition coefficient (Wildman–Crippen LogP) is 1.81. The van der Waals surface area contributed by atoms with Gasteiger partial charge < -0.3 is 4.55 Å². The highest BCUT2D eigenvalue weighted by Crippen LogP contribution is 2.31. The van der Waals surface area contributed by atoms with Gasteiger partial charge in [-0.25, -0.2) is 14.1 Å². The molecule has 92 valence electrons. The Kier molecular flexibility index (Phi) is 3.77. The summed E-state index contributed by atoms with van der Waals surface area (Å²) >= 11 is 4.02. The minimum atomic E-state index is -2.70. The summed E-state index contributed by atoms with van der Waals surface area (Å²) in [7, 11) is 0. The number of rotatable bonds is 2. The molecule has 0 aliphatic carbocycles. The summed E-state index contributed by atoms with van der Waals surface area (Å²) in [5.41, 5.74) is 0. The van der Waals surface area contributed by atoms with Crippen LogP contribution in [-0.4, -0.2) is 32.6 Å². The van der Waals surface area contributed by atoms with E-state index in [4.69, 9.17) is 11.6 Å². The van der Waals surface area contributed by atoms with E-state index < -0.39 is 17.3 Å². The molecule has 2 amide bonds. The van der Waals surface area contributed by atoms with E-state index in [-0.39, 0.29) is 5.00 Å². The lowest BCUT2D eigenvalue weighted by molar-refractivity contribution is 0.216. The summed E-state index contributed by atoms with van der Waals surface area (Å²) in [5.74, 6) is 0. The highest BCUT2D eigenvalue weighted by molar-refractivity contribution is 7.81. The predicted molar refractivity (Wildman–Crippen MR) is 65.9 cm³/mol. The Morgan fingerprint density at radius 3 is 2.88 bits per heavy atom. The monoisotopic (exact) mass is 292 g/mol. The molecule has 17 heavy (non-hydrogen) atoms. The molecule has 0 aromatic carbocycles. The van der Waals surface area contributed by atoms with Gasteiger partial charge in [-0.05, 0) is 12.1 Å². The zero-order valence-corrected chi connectivity index (χ0v) is 10.8. The first-order valence-corrected chi connectivity index (χ1v) is 6.81. The Balaban J connectivity index is 2.26. The third-order valence-electron chi connectivity index (χ3n) is 1.99. The number of thiophene rings is 1. The molecule has 2 heterocycles. The van der Waals surface area contributed by atoms with Crippen LogP contribution in [0, 0.1) is 0 Å². The minimum Gasteiger partial charge on any atom is -0.755 e. The summed E-state index contributed by atoms with van der Waals surface area (Å²) in [6.45, 7) is 0.381. The average molecular weight is 293 g/mol. The van der Waals surface area contributed by atoms with Crippen LogP contribution in [0.2, 0.25) is 4.34 Å². The van der Waals surface area contributed by atoms with Crippen molar-refractivity contribution in [2.24, 2.45) is 5.10 Å². The van der Waals surface area contributed by atoms with E-state index in [1.165, 1.54) is 12.1 Å². The molecule has 0 fully saturated rings. The van der Waals surface area contributed by atoms with E-state index in [1.54, 1.807) is 6.21 Å². The molecule has 1 aromatic heterocycles. The molecule has 6 nitrogen and oxygen atoms in total. The van der Waals surface area contributed by atoms with Crippen LogP contribution in [0.15, 0.2) is 17.2 Å². The number of urea groups is 1. The van der Waals surface area contributed by atoms with Crippen molar-refractivity contribution >= 4 is 51.5 Å². The molecule has 0 saturated carbocycles. The summed E-state index contributed by atoms with van der Waals surface area (Å²) < 4.78 is 23.2. The Hall–Kier alpha value is -0.960. The maximum Gasteiger partial charge on any atom is 0.356 e. The molecule has 9 heteroatoms. The lowest BCUT2D eigenvalue weighted by atomic mass is 10.5. The molecule has 0 saturated heterocycles. The second kappa shape index (κ2) is 5.13. The van der Waals surface area contributed by atoms with Crippen LogP contribution < -0.4 is 4.31 Å². The molecular formula is C8H7ClN3O3S2-. The molecule has 1 atom stereocenters. The van der Waals surface area contributed by atoms with E-state index in [0.717, 1.165) is 16.3 Å². The number of hydrazone groups is 1. The van der Waals surface area contributed by atoms with Crippen molar-refractivity contribution < 1.29 is 13.6 Å². The molecule has 0 N–H and O–H groups in total. The van der Waals surface area contributed by atoms with Gasteiger partial charge in [0.2, 0.25) is 0 Å². The van der Waals surface area contributed by atoms with Crippen LogP contribution in [-0.2, 0) is 11.3 Å². The van der Waals surface area contributed by atoms with Crippen LogP contribution in [0.1, 0.15) is 6.42 Å². The number of carbonyl (C=O) groups excluding carboxylic acids is 1. The third kappa shape index (κ3) is 2.65. The molecular weight excluding hydrogens is 286 g/mol. The number of nitrogens with zero attached hydrogens (tertiary/aromatic N) is 3. The van der Waals surface area contributed by atoms with Crippen molar-refractivity contribution in [3.63, 3.8) is 0 Å². The van der Waals surface area contributed by atoms with Gasteiger partial charge in [-0.1, -0.05) is 11.6 Å². The Morgan fingerprint density at radius 1 is 1.65 bits per heavy atom. The number of anilines is 1. The van der Waals surface area contributed by atoms with Crippen LogP contribution in [0.3, 0.4) is 0 Å². The summed E-state index contributed by atoms with van der Waals surface area (Å²) in [4.78, 5) is 11.9. The second-order valence-electron chi connectivity index (χ2n) is 3.08. The van der Waals surface area contributed by atoms with E-state index in [9.17, 15) is 13.6 Å². The fourth-order valence-electron chi connectivity index (χ4n) is 1.29. The third-order valence-corrected chi connectivity index (χ3v) is 3.98.